The van der Waals surface area contributed by atoms with Gasteiger partial charge in [0.25, 0.3) is 0 Å². The molecule has 6 heteroatoms. The Labute approximate surface area is 139 Å². The van der Waals surface area contributed by atoms with Gasteiger partial charge < -0.3 is 16.6 Å². The Kier molecular flexibility index (Phi) is 4.95. The smallest absolute Gasteiger partial charge is 0.319 e. The van der Waals surface area contributed by atoms with Gasteiger partial charge >= 0.3 is 5.97 Å². The lowest BCUT2D eigenvalue weighted by Crippen LogP contribution is -2.27. The van der Waals surface area contributed by atoms with Gasteiger partial charge in [0.15, 0.2) is 0 Å². The van der Waals surface area contributed by atoms with Crippen LogP contribution in [0.4, 0.5) is 5.69 Å². The predicted molar refractivity (Wildman–Crippen MR) is 94.9 cm³/mol. The zero-order chi connectivity index (χ0) is 17.0. The molecule has 0 amide bonds. The Bertz CT molecular complexity index is 757. The van der Waals surface area contributed by atoms with E-state index < -0.39 is 10.7 Å². The highest BCUT2D eigenvalue weighted by Crippen LogP contribution is 2.39. The van der Waals surface area contributed by atoms with Crippen molar-refractivity contribution >= 4 is 29.5 Å². The molecule has 2 rings (SSSR count). The molecule has 0 bridgehead atoms. The van der Waals surface area contributed by atoms with Crippen LogP contribution in [-0.4, -0.2) is 20.8 Å². The number of benzene rings is 1. The number of pyridine rings is 1. The number of carbonyl (C=O) groups is 1. The summed E-state index contributed by atoms with van der Waals surface area (Å²) in [6.07, 6.45) is 4.80. The zero-order valence-electron chi connectivity index (χ0n) is 13.0. The molecule has 0 radical (unpaired) electrons. The molecule has 0 spiro atoms. The molecule has 1 aromatic carbocycles. The number of para-hydroxylation sites is 1. The standard InChI is InChI=1S/C17H19N3O2S/c1-17(2,16(21)22)23-15-13(7-4-10-20-15)12-6-3-5-11(8-9-18)14(12)19/h3-10H,18-19H2,1-2H3,(H,21,22)/b9-8-. The number of nitrogen functional groups attached to an aromatic ring is 1. The van der Waals surface area contributed by atoms with E-state index >= 15 is 0 Å². The second kappa shape index (κ2) is 6.75. The Hall–Kier alpha value is -2.47. The number of aromatic nitrogens is 1. The van der Waals surface area contributed by atoms with Crippen LogP contribution in [0.5, 0.6) is 0 Å². The van der Waals surface area contributed by atoms with E-state index in [1.54, 1.807) is 32.2 Å². The van der Waals surface area contributed by atoms with Gasteiger partial charge in [0.05, 0.1) is 0 Å². The molecular weight excluding hydrogens is 310 g/mol. The van der Waals surface area contributed by atoms with Gasteiger partial charge in [0.2, 0.25) is 0 Å². The van der Waals surface area contributed by atoms with Crippen molar-refractivity contribution in [1.82, 2.24) is 4.98 Å². The number of anilines is 1. The van der Waals surface area contributed by atoms with E-state index in [0.717, 1.165) is 16.7 Å². The summed E-state index contributed by atoms with van der Waals surface area (Å²) in [4.78, 5) is 15.7. The molecule has 5 nitrogen and oxygen atoms in total. The Morgan fingerprint density at radius 1 is 1.26 bits per heavy atom. The largest absolute Gasteiger partial charge is 0.480 e. The summed E-state index contributed by atoms with van der Waals surface area (Å²) in [6, 6.07) is 9.32. The lowest BCUT2D eigenvalue weighted by atomic mass is 10.0. The number of nitrogens with zero attached hydrogens (tertiary/aromatic N) is 1. The molecular formula is C17H19N3O2S. The first-order valence-electron chi connectivity index (χ1n) is 7.01. The second-order valence-electron chi connectivity index (χ2n) is 5.44. The number of aliphatic carboxylic acids is 1. The molecule has 0 aliphatic heterocycles. The van der Waals surface area contributed by atoms with Crippen LogP contribution in [0.1, 0.15) is 19.4 Å². The monoisotopic (exact) mass is 329 g/mol. The van der Waals surface area contributed by atoms with E-state index in [-0.39, 0.29) is 0 Å². The normalized spacial score (nSPS) is 11.7. The van der Waals surface area contributed by atoms with Gasteiger partial charge in [0, 0.05) is 23.0 Å². The van der Waals surface area contributed by atoms with E-state index in [1.165, 1.54) is 18.0 Å². The molecule has 1 aromatic heterocycles. The third-order valence-corrected chi connectivity index (χ3v) is 4.55. The van der Waals surface area contributed by atoms with Gasteiger partial charge in [-0.25, -0.2) is 4.98 Å². The van der Waals surface area contributed by atoms with Crippen molar-refractivity contribution < 1.29 is 9.90 Å². The maximum Gasteiger partial charge on any atom is 0.319 e. The van der Waals surface area contributed by atoms with Gasteiger partial charge in [-0.3, -0.25) is 4.79 Å². The van der Waals surface area contributed by atoms with Crippen molar-refractivity contribution in [3.8, 4) is 11.1 Å². The third kappa shape index (κ3) is 3.65. The third-order valence-electron chi connectivity index (χ3n) is 3.34. The summed E-state index contributed by atoms with van der Waals surface area (Å²) >= 11 is 1.19. The van der Waals surface area contributed by atoms with Crippen LogP contribution >= 0.6 is 11.8 Å². The van der Waals surface area contributed by atoms with Crippen LogP contribution in [0.25, 0.3) is 17.2 Å². The van der Waals surface area contributed by atoms with Crippen molar-refractivity contribution in [2.75, 3.05) is 5.73 Å². The highest BCUT2D eigenvalue weighted by atomic mass is 32.2. The van der Waals surface area contributed by atoms with Crippen LogP contribution in [0.3, 0.4) is 0 Å². The maximum atomic E-state index is 11.4. The molecule has 1 heterocycles. The molecule has 0 atom stereocenters. The zero-order valence-corrected chi connectivity index (χ0v) is 13.8. The summed E-state index contributed by atoms with van der Waals surface area (Å²) in [5.74, 6) is -0.896. The quantitative estimate of drug-likeness (QED) is 0.575. The molecule has 0 saturated carbocycles. The van der Waals surface area contributed by atoms with Crippen molar-refractivity contribution in [1.29, 1.82) is 0 Å². The number of rotatable bonds is 5. The fraction of sp³-hybridized carbons (Fsp3) is 0.176. The van der Waals surface area contributed by atoms with E-state index in [1.807, 2.05) is 24.3 Å². The number of carboxylic acid groups (broad SMARTS) is 1. The number of hydrogen-bond donors (Lipinski definition) is 3. The fourth-order valence-corrected chi connectivity index (χ4v) is 3.00. The topological polar surface area (TPSA) is 102 Å². The first kappa shape index (κ1) is 16.9. The maximum absolute atomic E-state index is 11.4. The van der Waals surface area contributed by atoms with Gasteiger partial charge in [0.1, 0.15) is 9.77 Å². The van der Waals surface area contributed by atoms with Crippen molar-refractivity contribution in [3.05, 3.63) is 48.3 Å². The van der Waals surface area contributed by atoms with Gasteiger partial charge in [-0.1, -0.05) is 36.0 Å². The highest BCUT2D eigenvalue weighted by molar-refractivity contribution is 8.01. The lowest BCUT2D eigenvalue weighted by Gasteiger charge is -2.20. The minimum Gasteiger partial charge on any atom is -0.480 e. The predicted octanol–water partition coefficient (Wildman–Crippen LogP) is 3.22. The summed E-state index contributed by atoms with van der Waals surface area (Å²) in [7, 11) is 0. The van der Waals surface area contributed by atoms with Crippen molar-refractivity contribution in [3.63, 3.8) is 0 Å². The average molecular weight is 329 g/mol. The first-order chi connectivity index (χ1) is 10.9. The van der Waals surface area contributed by atoms with Gasteiger partial charge in [-0.05, 0) is 37.8 Å². The number of carboxylic acids is 1. The molecule has 5 N–H and O–H groups in total. The number of hydrogen-bond acceptors (Lipinski definition) is 5. The number of nitrogens with two attached hydrogens (primary N) is 2. The second-order valence-corrected chi connectivity index (χ2v) is 7.05. The molecule has 2 aromatic rings. The minimum atomic E-state index is -0.993. The lowest BCUT2D eigenvalue weighted by molar-refractivity contribution is -0.138. The molecule has 0 aliphatic rings. The van der Waals surface area contributed by atoms with Crippen LogP contribution < -0.4 is 11.5 Å². The van der Waals surface area contributed by atoms with Gasteiger partial charge in [-0.15, -0.1) is 0 Å². The Morgan fingerprint density at radius 3 is 2.61 bits per heavy atom. The van der Waals surface area contributed by atoms with E-state index in [2.05, 4.69) is 4.98 Å². The van der Waals surface area contributed by atoms with Crippen LogP contribution in [0, 0.1) is 0 Å². The van der Waals surface area contributed by atoms with Crippen LogP contribution in [0.15, 0.2) is 47.8 Å². The molecule has 0 unspecified atom stereocenters. The van der Waals surface area contributed by atoms with Crippen molar-refractivity contribution in [2.24, 2.45) is 5.73 Å². The minimum absolute atomic E-state index is 0.581. The summed E-state index contributed by atoms with van der Waals surface area (Å²) in [5.41, 5.74) is 14.7. The Morgan fingerprint density at radius 2 is 1.96 bits per heavy atom. The molecule has 23 heavy (non-hydrogen) atoms. The molecule has 0 fully saturated rings. The van der Waals surface area contributed by atoms with E-state index in [0.29, 0.717) is 10.7 Å². The molecule has 0 aliphatic carbocycles. The SMILES string of the molecule is CC(C)(Sc1ncccc1-c1cccc(/C=C\N)c1N)C(=O)O. The van der Waals surface area contributed by atoms with Gasteiger partial charge in [-0.2, -0.15) is 0 Å². The Balaban J connectivity index is 2.54. The van der Waals surface area contributed by atoms with Crippen molar-refractivity contribution in [2.45, 2.75) is 23.6 Å². The van der Waals surface area contributed by atoms with Crippen LogP contribution in [-0.2, 0) is 4.79 Å². The summed E-state index contributed by atoms with van der Waals surface area (Å²) in [5, 5.41) is 9.96. The van der Waals surface area contributed by atoms with E-state index in [4.69, 9.17) is 11.5 Å². The molecule has 0 saturated heterocycles. The molecule has 120 valence electrons. The number of thioether (sulfide) groups is 1. The highest BCUT2D eigenvalue weighted by Gasteiger charge is 2.30. The first-order valence-corrected chi connectivity index (χ1v) is 7.83. The summed E-state index contributed by atoms with van der Waals surface area (Å²) < 4.78 is -0.993. The summed E-state index contributed by atoms with van der Waals surface area (Å²) in [6.45, 7) is 3.30. The van der Waals surface area contributed by atoms with Crippen LogP contribution in [0.2, 0.25) is 0 Å². The van der Waals surface area contributed by atoms with E-state index in [9.17, 15) is 9.90 Å². The fourth-order valence-electron chi connectivity index (χ4n) is 2.03. The average Bonchev–Trinajstić information content (AvgIpc) is 2.50.